The third-order valence-corrected chi connectivity index (χ3v) is 2.24. The third kappa shape index (κ3) is 1.41. The summed E-state index contributed by atoms with van der Waals surface area (Å²) in [7, 11) is 0. The Bertz CT molecular complexity index is 344. The molecule has 0 spiro atoms. The van der Waals surface area contributed by atoms with Gasteiger partial charge in [0, 0.05) is 22.6 Å². The number of nitrogens with zero attached hydrogens (tertiary/aromatic N) is 3. The van der Waals surface area contributed by atoms with Crippen molar-refractivity contribution in [2.75, 3.05) is 0 Å². The van der Waals surface area contributed by atoms with E-state index in [-0.39, 0.29) is 0 Å². The molecule has 2 aromatic rings. The second-order valence-corrected chi connectivity index (χ2v) is 3.59. The first-order valence-corrected chi connectivity index (χ1v) is 4.70. The van der Waals surface area contributed by atoms with Crippen LogP contribution in [0.2, 0.25) is 0 Å². The van der Waals surface area contributed by atoms with Gasteiger partial charge in [-0.3, -0.25) is 4.98 Å². The fourth-order valence-electron chi connectivity index (χ4n) is 0.627. The van der Waals surface area contributed by atoms with E-state index >= 15 is 0 Å². The van der Waals surface area contributed by atoms with Crippen LogP contribution < -0.4 is 0 Å². The van der Waals surface area contributed by atoms with Crippen LogP contribution in [0, 0.1) is 3.83 Å². The Morgan fingerprint density at radius 2 is 2.45 bits per heavy atom. The highest BCUT2D eigenvalue weighted by Gasteiger charge is 2.06. The van der Waals surface area contributed by atoms with Crippen LogP contribution in [0.3, 0.4) is 0 Å². The van der Waals surface area contributed by atoms with Crippen LogP contribution in [0.25, 0.3) is 10.8 Å². The predicted molar refractivity (Wildman–Crippen MR) is 48.1 cm³/mol. The molecule has 0 aliphatic rings. The Morgan fingerprint density at radius 1 is 1.55 bits per heavy atom. The lowest BCUT2D eigenvalue weighted by molar-refractivity contribution is 0.426. The van der Waals surface area contributed by atoms with E-state index < -0.39 is 0 Å². The van der Waals surface area contributed by atoms with Crippen molar-refractivity contribution >= 4 is 33.9 Å². The zero-order valence-electron chi connectivity index (χ0n) is 5.19. The van der Waals surface area contributed by atoms with Gasteiger partial charge in [0.25, 0.3) is 5.89 Å². The summed E-state index contributed by atoms with van der Waals surface area (Å²) in [5, 5.41) is 3.65. The first-order valence-electron chi connectivity index (χ1n) is 2.74. The molecule has 2 rings (SSSR count). The Morgan fingerprint density at radius 3 is 3.00 bits per heavy atom. The molecule has 0 amide bonds. The van der Waals surface area contributed by atoms with Crippen LogP contribution in [0.15, 0.2) is 16.2 Å². The fourth-order valence-corrected chi connectivity index (χ4v) is 1.49. The van der Waals surface area contributed by atoms with Crippen molar-refractivity contribution in [3.05, 3.63) is 15.5 Å². The van der Waals surface area contributed by atoms with Crippen LogP contribution in [0.1, 0.15) is 0 Å². The molecular weight excluding hydrogens is 277 g/mol. The van der Waals surface area contributed by atoms with E-state index in [0.717, 1.165) is 4.88 Å². The van der Waals surface area contributed by atoms with Crippen LogP contribution in [0.4, 0.5) is 0 Å². The molecule has 2 heterocycles. The van der Waals surface area contributed by atoms with Gasteiger partial charge in [-0.1, -0.05) is 5.16 Å². The van der Waals surface area contributed by atoms with E-state index in [1.165, 1.54) is 11.3 Å². The highest BCUT2D eigenvalue weighted by molar-refractivity contribution is 14.1. The number of halogens is 1. The molecule has 11 heavy (non-hydrogen) atoms. The van der Waals surface area contributed by atoms with Crippen molar-refractivity contribution in [1.29, 1.82) is 0 Å². The van der Waals surface area contributed by atoms with E-state index in [0.29, 0.717) is 9.72 Å². The molecule has 0 bridgehead atoms. The molecule has 0 aliphatic carbocycles. The Kier molecular flexibility index (Phi) is 1.86. The van der Waals surface area contributed by atoms with E-state index in [1.54, 1.807) is 11.7 Å². The quantitative estimate of drug-likeness (QED) is 0.747. The van der Waals surface area contributed by atoms with E-state index in [2.05, 4.69) is 15.1 Å². The zero-order chi connectivity index (χ0) is 7.68. The van der Waals surface area contributed by atoms with Crippen molar-refractivity contribution in [3.63, 3.8) is 0 Å². The maximum atomic E-state index is 4.91. The standard InChI is InChI=1S/C5H2IN3OS/c6-5-8-4(10-9-5)3-1-7-2-11-3/h1-2H. The highest BCUT2D eigenvalue weighted by Crippen LogP contribution is 2.20. The molecule has 0 N–H and O–H groups in total. The number of hydrogen-bond acceptors (Lipinski definition) is 5. The minimum Gasteiger partial charge on any atom is -0.332 e. The summed E-state index contributed by atoms with van der Waals surface area (Å²) in [6, 6.07) is 0. The van der Waals surface area contributed by atoms with E-state index in [4.69, 9.17) is 4.52 Å². The molecule has 56 valence electrons. The van der Waals surface area contributed by atoms with Crippen molar-refractivity contribution in [2.45, 2.75) is 0 Å². The molecule has 6 heteroatoms. The Hall–Kier alpha value is -0.500. The van der Waals surface area contributed by atoms with Gasteiger partial charge < -0.3 is 4.52 Å². The van der Waals surface area contributed by atoms with Gasteiger partial charge in [0.15, 0.2) is 0 Å². The summed E-state index contributed by atoms with van der Waals surface area (Å²) >= 11 is 3.47. The van der Waals surface area contributed by atoms with Crippen LogP contribution in [0.5, 0.6) is 0 Å². The van der Waals surface area contributed by atoms with Gasteiger partial charge in [-0.2, -0.15) is 4.98 Å². The summed E-state index contributed by atoms with van der Waals surface area (Å²) in [6.07, 6.45) is 1.70. The average Bonchev–Trinajstić information content (AvgIpc) is 2.55. The molecule has 0 aliphatic heterocycles. The second-order valence-electron chi connectivity index (χ2n) is 1.73. The van der Waals surface area contributed by atoms with Gasteiger partial charge >= 0.3 is 0 Å². The largest absolute Gasteiger partial charge is 0.332 e. The SMILES string of the molecule is Ic1noc(-c2cncs2)n1. The summed E-state index contributed by atoms with van der Waals surface area (Å²) in [6.45, 7) is 0. The lowest BCUT2D eigenvalue weighted by Gasteiger charge is -1.79. The maximum Gasteiger partial charge on any atom is 0.270 e. The lowest BCUT2D eigenvalue weighted by atomic mass is 10.6. The second kappa shape index (κ2) is 2.86. The predicted octanol–water partition coefficient (Wildman–Crippen LogP) is 1.80. The van der Waals surface area contributed by atoms with Gasteiger partial charge in [-0.15, -0.1) is 11.3 Å². The van der Waals surface area contributed by atoms with E-state index in [9.17, 15) is 0 Å². The summed E-state index contributed by atoms with van der Waals surface area (Å²) in [5.74, 6) is 0.539. The van der Waals surface area contributed by atoms with Crippen LogP contribution >= 0.6 is 33.9 Å². The molecule has 0 fully saturated rings. The van der Waals surface area contributed by atoms with Crippen LogP contribution in [-0.4, -0.2) is 15.1 Å². The lowest BCUT2D eigenvalue weighted by Crippen LogP contribution is -1.71. The molecule has 0 radical (unpaired) electrons. The summed E-state index contributed by atoms with van der Waals surface area (Å²) in [5.41, 5.74) is 1.73. The number of aromatic nitrogens is 3. The molecule has 0 unspecified atom stereocenters. The van der Waals surface area contributed by atoms with Crippen molar-refractivity contribution in [2.24, 2.45) is 0 Å². The minimum absolute atomic E-state index is 0.539. The summed E-state index contributed by atoms with van der Waals surface area (Å²) < 4.78 is 5.53. The van der Waals surface area contributed by atoms with Crippen molar-refractivity contribution in [3.8, 4) is 10.8 Å². The average molecular weight is 279 g/mol. The van der Waals surface area contributed by atoms with Gasteiger partial charge in [0.1, 0.15) is 4.88 Å². The van der Waals surface area contributed by atoms with Crippen molar-refractivity contribution < 1.29 is 4.52 Å². The monoisotopic (exact) mass is 279 g/mol. The fraction of sp³-hybridized carbons (Fsp3) is 0. The van der Waals surface area contributed by atoms with Gasteiger partial charge in [-0.05, 0) is 0 Å². The topological polar surface area (TPSA) is 51.8 Å². The van der Waals surface area contributed by atoms with Gasteiger partial charge in [-0.25, -0.2) is 0 Å². The summed E-state index contributed by atoms with van der Waals surface area (Å²) in [4.78, 5) is 8.83. The van der Waals surface area contributed by atoms with Gasteiger partial charge in [0.05, 0.1) is 11.7 Å². The smallest absolute Gasteiger partial charge is 0.270 e. The first-order chi connectivity index (χ1) is 5.36. The molecule has 4 nitrogen and oxygen atoms in total. The molecular formula is C5H2IN3OS. The third-order valence-electron chi connectivity index (χ3n) is 1.04. The van der Waals surface area contributed by atoms with Gasteiger partial charge in [0.2, 0.25) is 3.83 Å². The molecule has 0 aromatic carbocycles. The Balaban J connectivity index is 2.45. The number of thiazole rings is 1. The Labute approximate surface area is 79.8 Å². The first kappa shape index (κ1) is 7.17. The van der Waals surface area contributed by atoms with Crippen LogP contribution in [-0.2, 0) is 0 Å². The molecule has 0 atom stereocenters. The van der Waals surface area contributed by atoms with Crippen molar-refractivity contribution in [1.82, 2.24) is 15.1 Å². The maximum absolute atomic E-state index is 4.91. The molecule has 0 saturated carbocycles. The number of hydrogen-bond donors (Lipinski definition) is 0. The van der Waals surface area contributed by atoms with E-state index in [1.807, 2.05) is 22.6 Å². The highest BCUT2D eigenvalue weighted by atomic mass is 127. The molecule has 0 saturated heterocycles. The normalized spacial score (nSPS) is 10.3. The number of rotatable bonds is 1. The zero-order valence-corrected chi connectivity index (χ0v) is 8.16. The molecule has 2 aromatic heterocycles. The minimum atomic E-state index is 0.539.